The van der Waals surface area contributed by atoms with Gasteiger partial charge in [0.2, 0.25) is 0 Å². The molecule has 1 rings (SSSR count). The van der Waals surface area contributed by atoms with Gasteiger partial charge in [-0.25, -0.2) is 9.97 Å². The van der Waals surface area contributed by atoms with E-state index < -0.39 is 5.60 Å². The zero-order valence-corrected chi connectivity index (χ0v) is 13.8. The van der Waals surface area contributed by atoms with Crippen LogP contribution in [0.3, 0.4) is 0 Å². The molecule has 114 valence electrons. The maximum Gasteiger partial charge on any atom is 0.137 e. The Morgan fingerprint density at radius 1 is 1.30 bits per heavy atom. The Hall–Kier alpha value is -1.36. The Kier molecular flexibility index (Phi) is 5.34. The fraction of sp³-hybridized carbons (Fsp3) is 0.733. The molecule has 0 saturated heterocycles. The van der Waals surface area contributed by atoms with E-state index in [1.807, 2.05) is 18.9 Å². The first-order valence-corrected chi connectivity index (χ1v) is 7.21. The van der Waals surface area contributed by atoms with Gasteiger partial charge in [-0.2, -0.15) is 0 Å². The number of likely N-dealkylation sites (N-methyl/N-ethyl adjacent to an activating group) is 1. The lowest BCUT2D eigenvalue weighted by Crippen LogP contribution is -2.37. The van der Waals surface area contributed by atoms with Gasteiger partial charge in [0, 0.05) is 31.6 Å². The van der Waals surface area contributed by atoms with Gasteiger partial charge in [-0.1, -0.05) is 13.8 Å². The van der Waals surface area contributed by atoms with Crippen molar-refractivity contribution in [3.05, 3.63) is 11.4 Å². The van der Waals surface area contributed by atoms with Crippen molar-refractivity contribution in [2.45, 2.75) is 53.1 Å². The van der Waals surface area contributed by atoms with Crippen molar-refractivity contribution in [1.29, 1.82) is 0 Å². The summed E-state index contributed by atoms with van der Waals surface area (Å²) in [5.74, 6) is 2.84. The second-order valence-electron chi connectivity index (χ2n) is 6.23. The molecule has 0 aliphatic heterocycles. The molecule has 5 heteroatoms. The molecule has 5 nitrogen and oxygen atoms in total. The van der Waals surface area contributed by atoms with E-state index in [4.69, 9.17) is 0 Å². The van der Waals surface area contributed by atoms with E-state index >= 15 is 0 Å². The number of nitrogens with zero attached hydrogens (tertiary/aromatic N) is 3. The predicted octanol–water partition coefficient (Wildman–Crippen LogP) is 2.55. The maximum absolute atomic E-state index is 9.99. The summed E-state index contributed by atoms with van der Waals surface area (Å²) in [6, 6.07) is 0. The fourth-order valence-electron chi connectivity index (χ4n) is 2.15. The minimum absolute atomic E-state index is 0.266. The average molecular weight is 280 g/mol. The van der Waals surface area contributed by atoms with Crippen LogP contribution in [0.25, 0.3) is 0 Å². The molecule has 1 aromatic rings. The van der Waals surface area contributed by atoms with Crippen LogP contribution in [0.1, 0.15) is 51.9 Å². The normalized spacial score (nSPS) is 11.8. The SMILES string of the molecule is CCNc1nc(C(C)C)nc(N(C)CC(C)(C)O)c1C. The van der Waals surface area contributed by atoms with E-state index in [-0.39, 0.29) is 5.92 Å². The molecular weight excluding hydrogens is 252 g/mol. The Morgan fingerprint density at radius 2 is 1.90 bits per heavy atom. The van der Waals surface area contributed by atoms with E-state index in [0.717, 1.165) is 29.6 Å². The largest absolute Gasteiger partial charge is 0.389 e. The lowest BCUT2D eigenvalue weighted by molar-refractivity contribution is 0.0884. The van der Waals surface area contributed by atoms with Gasteiger partial charge in [0.25, 0.3) is 0 Å². The second kappa shape index (κ2) is 6.39. The number of hydrogen-bond acceptors (Lipinski definition) is 5. The number of rotatable bonds is 6. The molecule has 0 aliphatic carbocycles. The smallest absolute Gasteiger partial charge is 0.137 e. The van der Waals surface area contributed by atoms with Crippen LogP contribution < -0.4 is 10.2 Å². The first-order valence-electron chi connectivity index (χ1n) is 7.21. The molecule has 0 amide bonds. The van der Waals surface area contributed by atoms with Gasteiger partial charge in [-0.3, -0.25) is 0 Å². The molecular formula is C15H28N4O. The van der Waals surface area contributed by atoms with Crippen molar-refractivity contribution in [2.75, 3.05) is 30.4 Å². The summed E-state index contributed by atoms with van der Waals surface area (Å²) in [6.07, 6.45) is 0. The highest BCUT2D eigenvalue weighted by molar-refractivity contribution is 5.58. The number of anilines is 2. The summed E-state index contributed by atoms with van der Waals surface area (Å²) in [5.41, 5.74) is 0.255. The summed E-state index contributed by atoms with van der Waals surface area (Å²) in [4.78, 5) is 11.2. The van der Waals surface area contributed by atoms with Gasteiger partial charge >= 0.3 is 0 Å². The van der Waals surface area contributed by atoms with E-state index in [9.17, 15) is 5.11 Å². The molecule has 0 atom stereocenters. The molecule has 0 aliphatic rings. The van der Waals surface area contributed by atoms with Gasteiger partial charge in [0.05, 0.1) is 5.60 Å². The highest BCUT2D eigenvalue weighted by atomic mass is 16.3. The molecule has 20 heavy (non-hydrogen) atoms. The van der Waals surface area contributed by atoms with Crippen molar-refractivity contribution in [3.8, 4) is 0 Å². The summed E-state index contributed by atoms with van der Waals surface area (Å²) in [7, 11) is 1.95. The third kappa shape index (κ3) is 4.34. The lowest BCUT2D eigenvalue weighted by Gasteiger charge is -2.28. The van der Waals surface area contributed by atoms with Crippen LogP contribution in [0.15, 0.2) is 0 Å². The average Bonchev–Trinajstić information content (AvgIpc) is 2.29. The van der Waals surface area contributed by atoms with Crippen molar-refractivity contribution < 1.29 is 5.11 Å². The fourth-order valence-corrected chi connectivity index (χ4v) is 2.15. The summed E-state index contributed by atoms with van der Waals surface area (Å²) >= 11 is 0. The number of aromatic nitrogens is 2. The highest BCUT2D eigenvalue weighted by Crippen LogP contribution is 2.26. The monoisotopic (exact) mass is 280 g/mol. The van der Waals surface area contributed by atoms with Gasteiger partial charge in [-0.15, -0.1) is 0 Å². The Balaban J connectivity index is 3.22. The van der Waals surface area contributed by atoms with E-state index in [1.165, 1.54) is 0 Å². The topological polar surface area (TPSA) is 61.3 Å². The van der Waals surface area contributed by atoms with Crippen molar-refractivity contribution in [1.82, 2.24) is 9.97 Å². The zero-order valence-electron chi connectivity index (χ0n) is 13.8. The second-order valence-corrected chi connectivity index (χ2v) is 6.23. The first-order chi connectivity index (χ1) is 9.15. The van der Waals surface area contributed by atoms with Crippen LogP contribution in [0, 0.1) is 6.92 Å². The van der Waals surface area contributed by atoms with Crippen LogP contribution in [0.2, 0.25) is 0 Å². The van der Waals surface area contributed by atoms with Gasteiger partial charge < -0.3 is 15.3 Å². The Bertz CT molecular complexity index is 452. The van der Waals surface area contributed by atoms with Crippen LogP contribution in [-0.4, -0.2) is 40.8 Å². The lowest BCUT2D eigenvalue weighted by atomic mass is 10.1. The highest BCUT2D eigenvalue weighted by Gasteiger charge is 2.20. The summed E-state index contributed by atoms with van der Waals surface area (Å²) in [5, 5.41) is 13.3. The van der Waals surface area contributed by atoms with Crippen molar-refractivity contribution in [2.24, 2.45) is 0 Å². The van der Waals surface area contributed by atoms with Crippen molar-refractivity contribution >= 4 is 11.6 Å². The standard InChI is InChI=1S/C15H28N4O/c1-8-16-13-11(4)14(18-12(17-13)10(2)3)19(7)9-15(5,6)20/h10,20H,8-9H2,1-7H3,(H,16,17,18). The maximum atomic E-state index is 9.99. The van der Waals surface area contributed by atoms with Crippen LogP contribution in [-0.2, 0) is 0 Å². The number of nitrogens with one attached hydrogen (secondary N) is 1. The van der Waals surface area contributed by atoms with Gasteiger partial charge in [0.15, 0.2) is 0 Å². The molecule has 2 N–H and O–H groups in total. The predicted molar refractivity (Wildman–Crippen MR) is 84.6 cm³/mol. The van der Waals surface area contributed by atoms with E-state index in [1.54, 1.807) is 13.8 Å². The minimum Gasteiger partial charge on any atom is -0.389 e. The summed E-state index contributed by atoms with van der Waals surface area (Å²) in [6.45, 7) is 13.2. The van der Waals surface area contributed by atoms with Crippen LogP contribution in [0.4, 0.5) is 11.6 Å². The molecule has 0 unspecified atom stereocenters. The number of aliphatic hydroxyl groups is 1. The van der Waals surface area contributed by atoms with Crippen LogP contribution in [0.5, 0.6) is 0 Å². The minimum atomic E-state index is -0.761. The zero-order chi connectivity index (χ0) is 15.5. The molecule has 0 radical (unpaired) electrons. The molecule has 0 bridgehead atoms. The molecule has 0 spiro atoms. The first kappa shape index (κ1) is 16.7. The van der Waals surface area contributed by atoms with Gasteiger partial charge in [-0.05, 0) is 27.7 Å². The quantitative estimate of drug-likeness (QED) is 0.838. The van der Waals surface area contributed by atoms with Crippen LogP contribution >= 0.6 is 0 Å². The third-order valence-electron chi connectivity index (χ3n) is 2.98. The van der Waals surface area contributed by atoms with Gasteiger partial charge in [0.1, 0.15) is 17.5 Å². The Morgan fingerprint density at radius 3 is 2.35 bits per heavy atom. The van der Waals surface area contributed by atoms with Crippen molar-refractivity contribution in [3.63, 3.8) is 0 Å². The molecule has 1 aromatic heterocycles. The van der Waals surface area contributed by atoms with E-state index in [2.05, 4.69) is 36.1 Å². The summed E-state index contributed by atoms with van der Waals surface area (Å²) < 4.78 is 0. The Labute approximate surface area is 122 Å². The number of hydrogen-bond donors (Lipinski definition) is 2. The van der Waals surface area contributed by atoms with E-state index in [0.29, 0.717) is 6.54 Å². The third-order valence-corrected chi connectivity index (χ3v) is 2.98. The molecule has 1 heterocycles. The molecule has 0 aromatic carbocycles. The molecule has 0 fully saturated rings. The molecule has 0 saturated carbocycles.